The van der Waals surface area contributed by atoms with Gasteiger partial charge in [0.2, 0.25) is 16.9 Å². The number of carbonyl (C=O) groups excluding carboxylic acids is 2. The fourth-order valence-electron chi connectivity index (χ4n) is 9.83. The summed E-state index contributed by atoms with van der Waals surface area (Å²) in [5.74, 6) is -3.39. The summed E-state index contributed by atoms with van der Waals surface area (Å²) in [6, 6.07) is 10.7. The van der Waals surface area contributed by atoms with E-state index in [2.05, 4.69) is 30.7 Å². The number of benzene rings is 2. The lowest BCUT2D eigenvalue weighted by Gasteiger charge is -2.25. The van der Waals surface area contributed by atoms with Gasteiger partial charge in [-0.1, -0.05) is 75.5 Å². The molecule has 2 aliphatic rings. The first kappa shape index (κ1) is 62.2. The fourth-order valence-corrected chi connectivity index (χ4v) is 11.4. The van der Waals surface area contributed by atoms with Crippen molar-refractivity contribution in [3.63, 3.8) is 0 Å². The van der Waals surface area contributed by atoms with Gasteiger partial charge in [-0.3, -0.25) is 19.2 Å². The Morgan fingerprint density at radius 1 is 0.645 bits per heavy atom. The lowest BCUT2D eigenvalue weighted by Crippen LogP contribution is -2.33. The van der Waals surface area contributed by atoms with Gasteiger partial charge in [0.1, 0.15) is 0 Å². The third-order valence-corrected chi connectivity index (χ3v) is 16.2. The monoisotopic (exact) mass is 1100 g/mol. The van der Waals surface area contributed by atoms with Crippen LogP contribution in [0.1, 0.15) is 121 Å². The van der Waals surface area contributed by atoms with E-state index in [0.29, 0.717) is 126 Å². The minimum atomic E-state index is -3.36. The van der Waals surface area contributed by atoms with E-state index >= 15 is 0 Å². The number of carbonyl (C=O) groups is 4. The first-order valence-electron chi connectivity index (χ1n) is 27.5. The van der Waals surface area contributed by atoms with E-state index in [1.807, 2.05) is 25.1 Å². The number of nitrogens with zero attached hydrogens (tertiary/aromatic N) is 4. The Morgan fingerprint density at radius 2 is 1.11 bits per heavy atom. The van der Waals surface area contributed by atoms with Crippen molar-refractivity contribution in [1.29, 1.82) is 0 Å². The number of ether oxygens (including phenoxy) is 5. The van der Waals surface area contributed by atoms with Gasteiger partial charge in [-0.25, -0.2) is 13.4 Å². The molecule has 424 valence electrons. The number of carboxylic acids is 2. The molecule has 5 rings (SSSR count). The SMILES string of the molecule is Cc1cc(N(CCOCCOCCCNC(=O)CC(C(=O)O)C2CCCCCCC2)CCOCCOCCOCCCNC(=O)CC(C(=O)O)C2CCCCCCC2)ccc1/N=N/c1nc2ccc(S(C)(=O)=O)cc2s1. The Bertz CT molecular complexity index is 2350. The van der Waals surface area contributed by atoms with Gasteiger partial charge in [-0.05, 0) is 99.2 Å². The zero-order valence-electron chi connectivity index (χ0n) is 44.9. The van der Waals surface area contributed by atoms with Gasteiger partial charge in [0.15, 0.2) is 9.84 Å². The molecule has 2 atom stereocenters. The normalized spacial score (nSPS) is 16.1. The molecule has 3 aromatic rings. The lowest BCUT2D eigenvalue weighted by molar-refractivity contribution is -0.147. The number of sulfone groups is 1. The number of hydrogen-bond acceptors (Lipinski definition) is 16. The van der Waals surface area contributed by atoms with Crippen molar-refractivity contribution in [3.05, 3.63) is 42.0 Å². The Kier molecular flexibility index (Phi) is 28.6. The van der Waals surface area contributed by atoms with Crippen LogP contribution >= 0.6 is 11.3 Å². The van der Waals surface area contributed by atoms with E-state index < -0.39 is 33.6 Å². The summed E-state index contributed by atoms with van der Waals surface area (Å²) in [6.45, 7) is 7.96. The van der Waals surface area contributed by atoms with Crippen LogP contribution in [0.2, 0.25) is 0 Å². The second-order valence-corrected chi connectivity index (χ2v) is 23.1. The molecule has 2 amide bonds. The Balaban J connectivity index is 0.990. The second kappa shape index (κ2) is 35.0. The molecule has 4 N–H and O–H groups in total. The minimum absolute atomic E-state index is 0.00921. The molecule has 0 radical (unpaired) electrons. The molecule has 2 aliphatic carbocycles. The minimum Gasteiger partial charge on any atom is -0.481 e. The first-order chi connectivity index (χ1) is 36.8. The molecular formula is C55H84N6O13S2. The van der Waals surface area contributed by atoms with Crippen LogP contribution in [0, 0.1) is 30.6 Å². The third-order valence-electron chi connectivity index (χ3n) is 14.2. The molecule has 0 bridgehead atoms. The summed E-state index contributed by atoms with van der Waals surface area (Å²) in [5, 5.41) is 34.7. The summed E-state index contributed by atoms with van der Waals surface area (Å²) in [5.41, 5.74) is 3.14. The van der Waals surface area contributed by atoms with Gasteiger partial charge in [0.05, 0.1) is 85.5 Å². The molecule has 19 nitrogen and oxygen atoms in total. The molecule has 0 saturated heterocycles. The highest BCUT2D eigenvalue weighted by Gasteiger charge is 2.31. The Hall–Kier alpha value is -4.64. The number of azo groups is 1. The summed E-state index contributed by atoms with van der Waals surface area (Å²) in [6.07, 6.45) is 16.9. The fraction of sp³-hybridized carbons (Fsp3) is 0.691. The molecule has 2 unspecified atom stereocenters. The van der Waals surface area contributed by atoms with Crippen LogP contribution in [0.25, 0.3) is 10.2 Å². The van der Waals surface area contributed by atoms with E-state index in [0.717, 1.165) is 88.3 Å². The Morgan fingerprint density at radius 3 is 1.57 bits per heavy atom. The maximum atomic E-state index is 12.7. The second-order valence-electron chi connectivity index (χ2n) is 20.0. The molecule has 0 spiro atoms. The summed E-state index contributed by atoms with van der Waals surface area (Å²) in [4.78, 5) is 56.2. The van der Waals surface area contributed by atoms with Gasteiger partial charge in [-0.2, -0.15) is 0 Å². The summed E-state index contributed by atoms with van der Waals surface area (Å²) >= 11 is 1.26. The van der Waals surface area contributed by atoms with Crippen LogP contribution in [0.15, 0.2) is 51.5 Å². The largest absolute Gasteiger partial charge is 0.481 e. The number of anilines is 1. The van der Waals surface area contributed by atoms with Crippen LogP contribution in [-0.2, 0) is 52.7 Å². The highest BCUT2D eigenvalue weighted by Crippen LogP contribution is 2.34. The topological polar surface area (TPSA) is 254 Å². The number of hydrogen-bond donors (Lipinski definition) is 4. The highest BCUT2D eigenvalue weighted by atomic mass is 32.2. The van der Waals surface area contributed by atoms with E-state index in [4.69, 9.17) is 23.7 Å². The quantitative estimate of drug-likeness (QED) is 0.0316. The number of amides is 2. The van der Waals surface area contributed by atoms with Crippen molar-refractivity contribution >= 4 is 71.6 Å². The number of fused-ring (bicyclic) bond motifs is 1. The predicted octanol–water partition coefficient (Wildman–Crippen LogP) is 9.23. The van der Waals surface area contributed by atoms with Gasteiger partial charge in [-0.15, -0.1) is 10.2 Å². The first-order valence-corrected chi connectivity index (χ1v) is 30.2. The van der Waals surface area contributed by atoms with Crippen LogP contribution in [0.5, 0.6) is 0 Å². The molecule has 2 saturated carbocycles. The molecule has 1 heterocycles. The van der Waals surface area contributed by atoms with Crippen LogP contribution in [0.3, 0.4) is 0 Å². The number of thiazole rings is 1. The molecule has 1 aromatic heterocycles. The van der Waals surface area contributed by atoms with Crippen molar-refractivity contribution in [2.75, 3.05) is 103 Å². The van der Waals surface area contributed by atoms with E-state index in [9.17, 15) is 37.8 Å². The predicted molar refractivity (Wildman–Crippen MR) is 293 cm³/mol. The maximum absolute atomic E-state index is 12.7. The van der Waals surface area contributed by atoms with Gasteiger partial charge >= 0.3 is 11.9 Å². The molecule has 76 heavy (non-hydrogen) atoms. The number of nitrogens with one attached hydrogen (secondary N) is 2. The van der Waals surface area contributed by atoms with E-state index in [1.54, 1.807) is 12.1 Å². The lowest BCUT2D eigenvalue weighted by atomic mass is 9.80. The summed E-state index contributed by atoms with van der Waals surface area (Å²) in [7, 11) is -3.36. The molecule has 21 heteroatoms. The Labute approximate surface area is 453 Å². The molecule has 0 aliphatic heterocycles. The van der Waals surface area contributed by atoms with Crippen molar-refractivity contribution < 1.29 is 61.5 Å². The number of aromatic nitrogens is 1. The van der Waals surface area contributed by atoms with E-state index in [1.165, 1.54) is 36.5 Å². The maximum Gasteiger partial charge on any atom is 0.307 e. The zero-order valence-corrected chi connectivity index (χ0v) is 46.5. The van der Waals surface area contributed by atoms with Crippen LogP contribution in [-0.4, -0.2) is 146 Å². The zero-order chi connectivity index (χ0) is 54.4. The number of aliphatic carboxylic acids is 2. The van der Waals surface area contributed by atoms with Gasteiger partial charge < -0.3 is 49.4 Å². The van der Waals surface area contributed by atoms with Crippen LogP contribution in [0.4, 0.5) is 16.5 Å². The van der Waals surface area contributed by atoms with Crippen molar-refractivity contribution in [3.8, 4) is 0 Å². The number of aryl methyl sites for hydroxylation is 1. The summed E-state index contributed by atoms with van der Waals surface area (Å²) < 4.78 is 53.9. The number of carboxylic acid groups (broad SMARTS) is 2. The van der Waals surface area contributed by atoms with E-state index in [-0.39, 0.29) is 41.4 Å². The van der Waals surface area contributed by atoms with Crippen molar-refractivity contribution in [1.82, 2.24) is 15.6 Å². The highest BCUT2D eigenvalue weighted by molar-refractivity contribution is 7.90. The molecular weight excluding hydrogens is 1020 g/mol. The third kappa shape index (κ3) is 23.5. The average Bonchev–Trinajstić information content (AvgIpc) is 3.78. The van der Waals surface area contributed by atoms with Crippen LogP contribution < -0.4 is 15.5 Å². The van der Waals surface area contributed by atoms with Gasteiger partial charge in [0, 0.05) is 64.2 Å². The number of rotatable bonds is 35. The molecule has 2 fully saturated rings. The average molecular weight is 1100 g/mol. The van der Waals surface area contributed by atoms with Gasteiger partial charge in [0.25, 0.3) is 0 Å². The molecule has 2 aromatic carbocycles. The van der Waals surface area contributed by atoms with Crippen molar-refractivity contribution in [2.24, 2.45) is 33.9 Å². The van der Waals surface area contributed by atoms with Crippen molar-refractivity contribution in [2.45, 2.75) is 127 Å². The smallest absolute Gasteiger partial charge is 0.307 e. The standard InChI is InChI=1S/C55H84N6O13S2/c1-41-37-44(19-21-48(41)59-60-55-58-49-22-20-45(76(2,68)69)38-50(49)75-55)61(25-29-72-33-31-70-27-13-23-56-51(62)39-46(53(64)65)42-15-9-5-3-6-10-16-42)26-30-73-34-36-74-35-32-71-28-14-24-57-52(63)40-47(54(66)67)43-17-11-7-4-8-12-18-43/h19-22,37-38,42-43,46-47H,3-18,23-36,39-40H2,1-2H3,(H,56,62)(H,57,63)(H,64,65)(H,66,67)/b60-59+.